The summed E-state index contributed by atoms with van der Waals surface area (Å²) >= 11 is 0. The van der Waals surface area contributed by atoms with E-state index in [-0.39, 0.29) is 0 Å². The van der Waals surface area contributed by atoms with Gasteiger partial charge in [0.1, 0.15) is 11.7 Å². The predicted molar refractivity (Wildman–Crippen MR) is 239 cm³/mol. The SMILES string of the molecule is N#Cc1c(-n2c3ccccc3c3ccccc32)cc(-n2c3ccccc3c3ccccc32)c2oc3c(-c4nc(-c5ccccc5)cc(-c5ccccc5)n4)cccc3c12. The standard InChI is InChI=1S/C53H31N5O/c54-32-41-48(57-44-26-11-7-20-35(44)36-21-8-12-27-45(36)57)31-49(58-46-28-13-9-22-37(46)38-23-10-14-29-47(38)58)52-50(41)39-24-15-25-40(51(39)59-52)53-55-42(33-16-3-1-4-17-33)30-43(56-53)34-18-5-2-6-19-34/h1-31H. The van der Waals surface area contributed by atoms with E-state index in [1.165, 1.54) is 0 Å². The lowest BCUT2D eigenvalue weighted by Gasteiger charge is -2.15. The molecule has 12 aromatic rings. The molecule has 0 aliphatic rings. The average molecular weight is 754 g/mol. The number of aromatic nitrogens is 4. The molecule has 0 fully saturated rings. The van der Waals surface area contributed by atoms with Crippen LogP contribution in [0.5, 0.6) is 0 Å². The molecule has 0 radical (unpaired) electrons. The van der Waals surface area contributed by atoms with Crippen LogP contribution in [0.4, 0.5) is 0 Å². The van der Waals surface area contributed by atoms with Crippen LogP contribution in [0.1, 0.15) is 5.56 Å². The van der Waals surface area contributed by atoms with Crippen molar-refractivity contribution in [1.82, 2.24) is 19.1 Å². The molecule has 59 heavy (non-hydrogen) atoms. The monoisotopic (exact) mass is 753 g/mol. The maximum Gasteiger partial charge on any atom is 0.164 e. The van der Waals surface area contributed by atoms with E-state index in [1.54, 1.807) is 0 Å². The lowest BCUT2D eigenvalue weighted by atomic mass is 10.0. The molecule has 274 valence electrons. The van der Waals surface area contributed by atoms with E-state index in [0.717, 1.165) is 93.8 Å². The highest BCUT2D eigenvalue weighted by Crippen LogP contribution is 2.45. The summed E-state index contributed by atoms with van der Waals surface area (Å²) in [7, 11) is 0. The van der Waals surface area contributed by atoms with Crippen molar-refractivity contribution in [2.45, 2.75) is 0 Å². The molecule has 8 aromatic carbocycles. The van der Waals surface area contributed by atoms with Gasteiger partial charge in [-0.3, -0.25) is 0 Å². The van der Waals surface area contributed by atoms with Gasteiger partial charge in [0.2, 0.25) is 0 Å². The van der Waals surface area contributed by atoms with Crippen molar-refractivity contribution in [1.29, 1.82) is 5.26 Å². The minimum Gasteiger partial charge on any atom is -0.453 e. The van der Waals surface area contributed by atoms with Gasteiger partial charge in [0.15, 0.2) is 11.4 Å². The van der Waals surface area contributed by atoms with Gasteiger partial charge in [0.25, 0.3) is 0 Å². The number of rotatable bonds is 5. The zero-order valence-corrected chi connectivity index (χ0v) is 31.5. The Morgan fingerprint density at radius 1 is 0.424 bits per heavy atom. The van der Waals surface area contributed by atoms with Crippen LogP contribution < -0.4 is 0 Å². The highest BCUT2D eigenvalue weighted by atomic mass is 16.3. The molecular weight excluding hydrogens is 723 g/mol. The summed E-state index contributed by atoms with van der Waals surface area (Å²) in [5, 5.41) is 17.4. The number of furan rings is 1. The van der Waals surface area contributed by atoms with E-state index in [9.17, 15) is 5.26 Å². The molecular formula is C53H31N5O. The van der Waals surface area contributed by atoms with E-state index in [0.29, 0.717) is 22.6 Å². The number of para-hydroxylation sites is 5. The van der Waals surface area contributed by atoms with Gasteiger partial charge in [-0.05, 0) is 42.5 Å². The fraction of sp³-hybridized carbons (Fsp3) is 0. The second kappa shape index (κ2) is 12.9. The van der Waals surface area contributed by atoms with Gasteiger partial charge >= 0.3 is 0 Å². The van der Waals surface area contributed by atoms with Crippen molar-refractivity contribution in [3.05, 3.63) is 194 Å². The number of benzene rings is 8. The van der Waals surface area contributed by atoms with Crippen molar-refractivity contribution < 1.29 is 4.42 Å². The highest BCUT2D eigenvalue weighted by Gasteiger charge is 2.27. The molecule has 4 aromatic heterocycles. The van der Waals surface area contributed by atoms with Crippen LogP contribution in [0.2, 0.25) is 0 Å². The summed E-state index contributed by atoms with van der Waals surface area (Å²) in [4.78, 5) is 10.4. The van der Waals surface area contributed by atoms with Gasteiger partial charge in [-0.15, -0.1) is 0 Å². The summed E-state index contributed by atoms with van der Waals surface area (Å²) in [6.07, 6.45) is 0. The van der Waals surface area contributed by atoms with Crippen LogP contribution in [0, 0.1) is 11.3 Å². The molecule has 0 saturated heterocycles. The zero-order chi connectivity index (χ0) is 39.0. The molecule has 0 aliphatic heterocycles. The largest absolute Gasteiger partial charge is 0.453 e. The first-order valence-corrected chi connectivity index (χ1v) is 19.6. The van der Waals surface area contributed by atoms with Gasteiger partial charge in [-0.25, -0.2) is 9.97 Å². The maximum absolute atomic E-state index is 11.4. The zero-order valence-electron chi connectivity index (χ0n) is 31.5. The minimum absolute atomic E-state index is 0.524. The van der Waals surface area contributed by atoms with E-state index in [4.69, 9.17) is 14.4 Å². The summed E-state index contributed by atoms with van der Waals surface area (Å²) < 4.78 is 11.7. The number of hydrogen-bond acceptors (Lipinski definition) is 4. The van der Waals surface area contributed by atoms with Crippen LogP contribution in [0.25, 0.3) is 111 Å². The third-order valence-electron chi connectivity index (χ3n) is 11.6. The Kier molecular flexibility index (Phi) is 7.19. The van der Waals surface area contributed by atoms with E-state index >= 15 is 0 Å². The second-order valence-electron chi connectivity index (χ2n) is 14.8. The first-order valence-electron chi connectivity index (χ1n) is 19.6. The lowest BCUT2D eigenvalue weighted by Crippen LogP contribution is -2.02. The summed E-state index contributed by atoms with van der Waals surface area (Å²) in [5.74, 6) is 0.536. The van der Waals surface area contributed by atoms with Crippen LogP contribution in [-0.2, 0) is 0 Å². The van der Waals surface area contributed by atoms with Crippen LogP contribution in [0.15, 0.2) is 192 Å². The Bertz CT molecular complexity index is 3520. The predicted octanol–water partition coefficient (Wildman–Crippen LogP) is 13.4. The van der Waals surface area contributed by atoms with Crippen LogP contribution in [-0.4, -0.2) is 19.1 Å². The first kappa shape index (κ1) is 32.9. The summed E-state index contributed by atoms with van der Waals surface area (Å²) in [5.41, 5.74) is 11.8. The average Bonchev–Trinajstić information content (AvgIpc) is 3.97. The fourth-order valence-electron chi connectivity index (χ4n) is 9.02. The Morgan fingerprint density at radius 2 is 0.864 bits per heavy atom. The molecule has 12 rings (SSSR count). The van der Waals surface area contributed by atoms with Crippen molar-refractivity contribution in [2.75, 3.05) is 0 Å². The molecule has 0 N–H and O–H groups in total. The van der Waals surface area contributed by atoms with Gasteiger partial charge in [0, 0.05) is 38.1 Å². The quantitative estimate of drug-likeness (QED) is 0.175. The van der Waals surface area contributed by atoms with E-state index < -0.39 is 0 Å². The Hall–Kier alpha value is -8.27. The molecule has 4 heterocycles. The normalized spacial score (nSPS) is 11.7. The third-order valence-corrected chi connectivity index (χ3v) is 11.6. The molecule has 6 nitrogen and oxygen atoms in total. The Morgan fingerprint density at radius 3 is 1.36 bits per heavy atom. The Balaban J connectivity index is 1.23. The van der Waals surface area contributed by atoms with Crippen LogP contribution >= 0.6 is 0 Å². The maximum atomic E-state index is 11.4. The molecule has 0 amide bonds. The van der Waals surface area contributed by atoms with Crippen molar-refractivity contribution in [3.63, 3.8) is 0 Å². The molecule has 0 saturated carbocycles. The number of nitriles is 1. The third kappa shape index (κ3) is 4.92. The highest BCUT2D eigenvalue weighted by molar-refractivity contribution is 6.18. The number of hydrogen-bond donors (Lipinski definition) is 0. The molecule has 0 atom stereocenters. The summed E-state index contributed by atoms with van der Waals surface area (Å²) in [6, 6.07) is 67.1. The van der Waals surface area contributed by atoms with Gasteiger partial charge in [-0.1, -0.05) is 146 Å². The van der Waals surface area contributed by atoms with Crippen molar-refractivity contribution >= 4 is 65.6 Å². The second-order valence-corrected chi connectivity index (χ2v) is 14.8. The van der Waals surface area contributed by atoms with Gasteiger partial charge < -0.3 is 13.6 Å². The van der Waals surface area contributed by atoms with Gasteiger partial charge in [0.05, 0.1) is 61.3 Å². The van der Waals surface area contributed by atoms with E-state index in [1.807, 2.05) is 54.6 Å². The molecule has 6 heteroatoms. The Labute approximate surface area is 338 Å². The molecule has 0 bridgehead atoms. The first-order chi connectivity index (χ1) is 29.2. The fourth-order valence-corrected chi connectivity index (χ4v) is 9.02. The topological polar surface area (TPSA) is 72.6 Å². The summed E-state index contributed by atoms with van der Waals surface area (Å²) in [6.45, 7) is 0. The van der Waals surface area contributed by atoms with Crippen LogP contribution in [0.3, 0.4) is 0 Å². The van der Waals surface area contributed by atoms with Gasteiger partial charge in [-0.2, -0.15) is 5.26 Å². The van der Waals surface area contributed by atoms with Crippen molar-refractivity contribution in [3.8, 4) is 51.3 Å². The van der Waals surface area contributed by atoms with Crippen molar-refractivity contribution in [2.24, 2.45) is 0 Å². The molecule has 0 aliphatic carbocycles. The smallest absolute Gasteiger partial charge is 0.164 e. The molecule has 0 spiro atoms. The number of nitrogens with zero attached hydrogens (tertiary/aromatic N) is 5. The minimum atomic E-state index is 0.524. The molecule has 0 unspecified atom stereocenters. The lowest BCUT2D eigenvalue weighted by molar-refractivity contribution is 0.667. The van der Waals surface area contributed by atoms with E-state index in [2.05, 4.69) is 149 Å². The number of fused-ring (bicyclic) bond motifs is 9.